The van der Waals surface area contributed by atoms with Crippen LogP contribution < -0.4 is 18.9 Å². The first kappa shape index (κ1) is 20.8. The van der Waals surface area contributed by atoms with E-state index in [2.05, 4.69) is 0 Å². The third-order valence-corrected chi connectivity index (χ3v) is 5.11. The summed E-state index contributed by atoms with van der Waals surface area (Å²) in [7, 11) is 4.83. The number of methoxy groups -OCH3 is 3. The number of carbonyl (C=O) groups is 1. The Balaban J connectivity index is 2.04. The number of benzene rings is 2. The van der Waals surface area contributed by atoms with Crippen LogP contribution in [0.1, 0.15) is 43.7 Å². The molecule has 1 aliphatic carbocycles. The minimum Gasteiger partial charge on any atom is -0.493 e. The zero-order valence-corrected chi connectivity index (χ0v) is 17.5. The Morgan fingerprint density at radius 3 is 1.86 bits per heavy atom. The molecule has 0 unspecified atom stereocenters. The fourth-order valence-electron chi connectivity index (χ4n) is 3.66. The number of allylic oxidation sites excluding steroid dienone is 1. The molecule has 0 bridgehead atoms. The Morgan fingerprint density at radius 2 is 1.34 bits per heavy atom. The van der Waals surface area contributed by atoms with Gasteiger partial charge >= 0.3 is 0 Å². The van der Waals surface area contributed by atoms with E-state index >= 15 is 0 Å². The molecular weight excluding hydrogens is 368 g/mol. The Bertz CT molecular complexity index is 894. The van der Waals surface area contributed by atoms with Gasteiger partial charge in [-0.3, -0.25) is 4.79 Å². The molecule has 0 radical (unpaired) electrons. The molecule has 2 aromatic carbocycles. The van der Waals surface area contributed by atoms with Crippen LogP contribution in [0.2, 0.25) is 0 Å². The predicted molar refractivity (Wildman–Crippen MR) is 113 cm³/mol. The first-order valence-electron chi connectivity index (χ1n) is 9.85. The van der Waals surface area contributed by atoms with Crippen molar-refractivity contribution in [1.29, 1.82) is 0 Å². The molecule has 1 fully saturated rings. The lowest BCUT2D eigenvalue weighted by molar-refractivity contribution is -0.112. The van der Waals surface area contributed by atoms with Gasteiger partial charge in [-0.1, -0.05) is 12.1 Å². The minimum atomic E-state index is -0.0381. The predicted octanol–water partition coefficient (Wildman–Crippen LogP) is 5.05. The molecule has 3 rings (SSSR count). The van der Waals surface area contributed by atoms with Crippen LogP contribution in [0.3, 0.4) is 0 Å². The van der Waals surface area contributed by atoms with Crippen molar-refractivity contribution < 1.29 is 23.7 Å². The number of ketones is 1. The van der Waals surface area contributed by atoms with E-state index in [1.54, 1.807) is 34.3 Å². The monoisotopic (exact) mass is 396 g/mol. The summed E-state index contributed by atoms with van der Waals surface area (Å²) in [6.07, 6.45) is 6.32. The maximum absolute atomic E-state index is 12.0. The van der Waals surface area contributed by atoms with Gasteiger partial charge in [0.05, 0.1) is 27.4 Å². The average molecular weight is 396 g/mol. The Hall–Kier alpha value is -2.95. The molecule has 0 saturated heterocycles. The van der Waals surface area contributed by atoms with E-state index < -0.39 is 0 Å². The number of rotatable bonds is 8. The smallest absolute Gasteiger partial charge is 0.162 e. The average Bonchev–Trinajstić information content (AvgIpc) is 3.24. The van der Waals surface area contributed by atoms with Gasteiger partial charge < -0.3 is 18.9 Å². The first-order chi connectivity index (χ1) is 14.0. The first-order valence-corrected chi connectivity index (χ1v) is 9.85. The molecular formula is C24H28O5. The minimum absolute atomic E-state index is 0.0381. The van der Waals surface area contributed by atoms with Gasteiger partial charge in [0.1, 0.15) is 0 Å². The third-order valence-electron chi connectivity index (χ3n) is 5.11. The van der Waals surface area contributed by atoms with Crippen LogP contribution in [0, 0.1) is 0 Å². The molecule has 0 aromatic heterocycles. The fraction of sp³-hybridized carbons (Fsp3) is 0.375. The van der Waals surface area contributed by atoms with Gasteiger partial charge in [-0.2, -0.15) is 0 Å². The van der Waals surface area contributed by atoms with E-state index in [1.165, 1.54) is 12.8 Å². The SMILES string of the molecule is COc1ccc(/C(=C\C(C)=O)c2ccc(OC)c(OC3CCCC3)c2)cc1OC. The van der Waals surface area contributed by atoms with Crippen LogP contribution in [0.15, 0.2) is 42.5 Å². The molecule has 0 amide bonds. The van der Waals surface area contributed by atoms with Crippen molar-refractivity contribution in [2.24, 2.45) is 0 Å². The van der Waals surface area contributed by atoms with E-state index in [1.807, 2.05) is 36.4 Å². The van der Waals surface area contributed by atoms with Crippen LogP contribution >= 0.6 is 0 Å². The zero-order chi connectivity index (χ0) is 20.8. The topological polar surface area (TPSA) is 54.0 Å². The van der Waals surface area contributed by atoms with Crippen LogP contribution in [0.5, 0.6) is 23.0 Å². The highest BCUT2D eigenvalue weighted by atomic mass is 16.5. The van der Waals surface area contributed by atoms with Crippen LogP contribution in [-0.4, -0.2) is 33.2 Å². The molecule has 1 saturated carbocycles. The highest BCUT2D eigenvalue weighted by molar-refractivity contribution is 5.99. The summed E-state index contributed by atoms with van der Waals surface area (Å²) in [6, 6.07) is 11.4. The Morgan fingerprint density at radius 1 is 0.828 bits per heavy atom. The summed E-state index contributed by atoms with van der Waals surface area (Å²) in [5.41, 5.74) is 2.52. The van der Waals surface area contributed by atoms with Crippen molar-refractivity contribution in [3.63, 3.8) is 0 Å². The van der Waals surface area contributed by atoms with E-state index in [9.17, 15) is 4.79 Å². The summed E-state index contributed by atoms with van der Waals surface area (Å²) in [5, 5.41) is 0. The maximum Gasteiger partial charge on any atom is 0.162 e. The fourth-order valence-corrected chi connectivity index (χ4v) is 3.66. The second kappa shape index (κ2) is 9.50. The molecule has 1 aliphatic rings. The zero-order valence-electron chi connectivity index (χ0n) is 17.5. The number of hydrogen-bond acceptors (Lipinski definition) is 5. The summed E-state index contributed by atoms with van der Waals surface area (Å²) in [6.45, 7) is 1.54. The van der Waals surface area contributed by atoms with Gasteiger partial charge in [0.2, 0.25) is 0 Å². The maximum atomic E-state index is 12.0. The van der Waals surface area contributed by atoms with Crippen molar-refractivity contribution in [3.8, 4) is 23.0 Å². The molecule has 5 heteroatoms. The lowest BCUT2D eigenvalue weighted by Gasteiger charge is -2.18. The second-order valence-electron chi connectivity index (χ2n) is 7.13. The van der Waals surface area contributed by atoms with Crippen LogP contribution in [0.4, 0.5) is 0 Å². The number of carbonyl (C=O) groups excluding carboxylic acids is 1. The molecule has 29 heavy (non-hydrogen) atoms. The van der Waals surface area contributed by atoms with Gasteiger partial charge in [0.15, 0.2) is 28.8 Å². The summed E-state index contributed by atoms with van der Waals surface area (Å²) < 4.78 is 22.5. The summed E-state index contributed by atoms with van der Waals surface area (Å²) >= 11 is 0. The molecule has 2 aromatic rings. The van der Waals surface area contributed by atoms with Gasteiger partial charge in [0.25, 0.3) is 0 Å². The van der Waals surface area contributed by atoms with Crippen molar-refractivity contribution in [1.82, 2.24) is 0 Å². The van der Waals surface area contributed by atoms with Crippen molar-refractivity contribution in [2.75, 3.05) is 21.3 Å². The van der Waals surface area contributed by atoms with E-state index in [0.717, 1.165) is 29.5 Å². The molecule has 0 N–H and O–H groups in total. The standard InChI is InChI=1S/C24H28O5/c1-16(25)13-20(17-9-11-21(26-2)23(14-17)28-4)18-10-12-22(27-3)24(15-18)29-19-7-5-6-8-19/h9-15,19H,5-8H2,1-4H3/b20-13+. The van der Waals surface area contributed by atoms with Gasteiger partial charge in [-0.25, -0.2) is 0 Å². The van der Waals surface area contributed by atoms with Gasteiger partial charge in [-0.15, -0.1) is 0 Å². The highest BCUT2D eigenvalue weighted by Crippen LogP contribution is 2.37. The van der Waals surface area contributed by atoms with Crippen molar-refractivity contribution in [2.45, 2.75) is 38.7 Å². The molecule has 5 nitrogen and oxygen atoms in total. The number of ether oxygens (including phenoxy) is 4. The molecule has 0 spiro atoms. The van der Waals surface area contributed by atoms with Crippen molar-refractivity contribution in [3.05, 3.63) is 53.6 Å². The molecule has 0 atom stereocenters. The lowest BCUT2D eigenvalue weighted by atomic mass is 9.96. The van der Waals surface area contributed by atoms with Crippen LogP contribution in [0.25, 0.3) is 5.57 Å². The van der Waals surface area contributed by atoms with Gasteiger partial charge in [0, 0.05) is 0 Å². The number of hydrogen-bond donors (Lipinski definition) is 0. The largest absolute Gasteiger partial charge is 0.493 e. The Kier molecular flexibility index (Phi) is 6.81. The highest BCUT2D eigenvalue weighted by Gasteiger charge is 2.20. The molecule has 0 aliphatic heterocycles. The normalized spacial score (nSPS) is 14.6. The lowest BCUT2D eigenvalue weighted by Crippen LogP contribution is -2.11. The Labute approximate surface area is 172 Å². The second-order valence-corrected chi connectivity index (χ2v) is 7.13. The molecule has 0 heterocycles. The van der Waals surface area contributed by atoms with Crippen molar-refractivity contribution >= 4 is 11.4 Å². The van der Waals surface area contributed by atoms with E-state index in [-0.39, 0.29) is 11.9 Å². The summed E-state index contributed by atoms with van der Waals surface area (Å²) in [4.78, 5) is 12.0. The van der Waals surface area contributed by atoms with E-state index in [4.69, 9.17) is 18.9 Å². The van der Waals surface area contributed by atoms with E-state index in [0.29, 0.717) is 23.0 Å². The molecule has 154 valence electrons. The third kappa shape index (κ3) is 4.91. The van der Waals surface area contributed by atoms with Gasteiger partial charge in [-0.05, 0) is 79.6 Å². The quantitative estimate of drug-likeness (QED) is 0.584. The van der Waals surface area contributed by atoms with Crippen LogP contribution in [-0.2, 0) is 4.79 Å². The summed E-state index contributed by atoms with van der Waals surface area (Å²) in [5.74, 6) is 2.60.